The molecule has 3 aliphatic carbocycles. The molecule has 1 spiro atoms. The van der Waals surface area contributed by atoms with Crippen molar-refractivity contribution in [3.63, 3.8) is 0 Å². The zero-order chi connectivity index (χ0) is 38.8. The molecule has 0 fully saturated rings. The number of nitrogens with zero attached hydrogens (tertiary/aromatic N) is 1. The van der Waals surface area contributed by atoms with Crippen molar-refractivity contribution in [2.75, 3.05) is 0 Å². The SMILES string of the molecule is O=c1c2ccccc2c2cc3c(cc2n1-c1ccc2c(c1)C1(c4ccccc4-c4ccccc41)c1ccccc1-2)C(c1ccccc1-c1ccccc1)c1ccccc1-3. The summed E-state index contributed by atoms with van der Waals surface area (Å²) in [7, 11) is 0. The van der Waals surface area contributed by atoms with Crippen LogP contribution in [0.25, 0.3) is 71.9 Å². The average molecular weight is 750 g/mol. The van der Waals surface area contributed by atoms with E-state index in [9.17, 15) is 0 Å². The molecule has 10 aromatic rings. The lowest BCUT2D eigenvalue weighted by Crippen LogP contribution is -2.26. The standard InChI is InChI=1S/C57H35NO/c59-56-46-26-9-6-20-39(46)48-33-47-38-19-5-8-25-45(38)55(44-24-7-4-18-37(44)35-16-2-1-3-17-35)49(47)34-54(48)58(56)36-30-31-43-42-23-12-15-29-52(42)57(53(43)32-36)50-27-13-10-21-40(50)41-22-11-14-28-51(41)57/h1-34,55H. The zero-order valence-corrected chi connectivity index (χ0v) is 32.1. The molecule has 59 heavy (non-hydrogen) atoms. The third-order valence-electron chi connectivity index (χ3n) is 13.5. The fourth-order valence-electron chi connectivity index (χ4n) is 11.2. The Morgan fingerprint density at radius 2 is 0.864 bits per heavy atom. The second-order valence-electron chi connectivity index (χ2n) is 16.2. The first-order chi connectivity index (χ1) is 29.2. The lowest BCUT2D eigenvalue weighted by atomic mass is 9.70. The van der Waals surface area contributed by atoms with Crippen LogP contribution in [-0.4, -0.2) is 4.57 Å². The highest BCUT2D eigenvalue weighted by molar-refractivity contribution is 6.09. The number of hydrogen-bond acceptors (Lipinski definition) is 1. The van der Waals surface area contributed by atoms with Crippen LogP contribution >= 0.6 is 0 Å². The topological polar surface area (TPSA) is 22.0 Å². The number of aromatic nitrogens is 1. The van der Waals surface area contributed by atoms with Gasteiger partial charge in [0.25, 0.3) is 5.56 Å². The molecular formula is C57H35NO. The van der Waals surface area contributed by atoms with Crippen LogP contribution in [-0.2, 0) is 5.41 Å². The Morgan fingerprint density at radius 1 is 0.356 bits per heavy atom. The molecule has 0 amide bonds. The van der Waals surface area contributed by atoms with Crippen LogP contribution in [0.3, 0.4) is 0 Å². The van der Waals surface area contributed by atoms with E-state index in [0.29, 0.717) is 5.39 Å². The maximum Gasteiger partial charge on any atom is 0.263 e. The molecule has 1 atom stereocenters. The molecule has 0 N–H and O–H groups in total. The van der Waals surface area contributed by atoms with E-state index in [0.717, 1.165) is 22.0 Å². The van der Waals surface area contributed by atoms with E-state index in [-0.39, 0.29) is 11.5 Å². The molecule has 0 bridgehead atoms. The number of benzene rings is 9. The Kier molecular flexibility index (Phi) is 6.61. The van der Waals surface area contributed by atoms with Crippen LogP contribution in [0.1, 0.15) is 44.9 Å². The lowest BCUT2D eigenvalue weighted by Gasteiger charge is -2.30. The smallest absolute Gasteiger partial charge is 0.263 e. The van der Waals surface area contributed by atoms with Crippen molar-refractivity contribution in [1.82, 2.24) is 4.57 Å². The van der Waals surface area contributed by atoms with Gasteiger partial charge in [-0.1, -0.05) is 176 Å². The fourth-order valence-corrected chi connectivity index (χ4v) is 11.2. The Bertz CT molecular complexity index is 3420. The van der Waals surface area contributed by atoms with Gasteiger partial charge in [0.15, 0.2) is 0 Å². The van der Waals surface area contributed by atoms with E-state index in [2.05, 4.69) is 194 Å². The highest BCUT2D eigenvalue weighted by Gasteiger charge is 2.51. The van der Waals surface area contributed by atoms with Crippen molar-refractivity contribution >= 4 is 21.7 Å². The first-order valence-electron chi connectivity index (χ1n) is 20.5. The molecule has 1 heterocycles. The Labute approximate surface area is 341 Å². The first kappa shape index (κ1) is 32.5. The van der Waals surface area contributed by atoms with Gasteiger partial charge in [-0.15, -0.1) is 0 Å². The van der Waals surface area contributed by atoms with Gasteiger partial charge in [0, 0.05) is 22.4 Å². The summed E-state index contributed by atoms with van der Waals surface area (Å²) in [4.78, 5) is 15.2. The number of fused-ring (bicyclic) bond motifs is 16. The highest BCUT2D eigenvalue weighted by atomic mass is 16.1. The summed E-state index contributed by atoms with van der Waals surface area (Å²) in [5.41, 5.74) is 20.0. The van der Waals surface area contributed by atoms with Gasteiger partial charge in [-0.05, 0) is 119 Å². The minimum Gasteiger partial charge on any atom is -0.276 e. The summed E-state index contributed by atoms with van der Waals surface area (Å²) in [6.07, 6.45) is 0. The maximum atomic E-state index is 15.2. The summed E-state index contributed by atoms with van der Waals surface area (Å²) < 4.78 is 2.00. The molecule has 0 aliphatic heterocycles. The third-order valence-corrected chi connectivity index (χ3v) is 13.5. The van der Waals surface area contributed by atoms with Gasteiger partial charge in [-0.25, -0.2) is 0 Å². The molecule has 1 unspecified atom stereocenters. The van der Waals surface area contributed by atoms with Gasteiger partial charge in [-0.2, -0.15) is 0 Å². The van der Waals surface area contributed by atoms with Crippen molar-refractivity contribution in [2.24, 2.45) is 0 Å². The minimum absolute atomic E-state index is 0.0125. The molecule has 9 aromatic carbocycles. The van der Waals surface area contributed by atoms with Gasteiger partial charge in [0.1, 0.15) is 0 Å². The molecule has 2 heteroatoms. The van der Waals surface area contributed by atoms with Gasteiger partial charge in [-0.3, -0.25) is 9.36 Å². The van der Waals surface area contributed by atoms with Crippen LogP contribution in [0.5, 0.6) is 0 Å². The zero-order valence-electron chi connectivity index (χ0n) is 32.1. The Hall–Kier alpha value is -7.55. The van der Waals surface area contributed by atoms with E-state index in [4.69, 9.17) is 0 Å². The van der Waals surface area contributed by atoms with Crippen LogP contribution < -0.4 is 5.56 Å². The second-order valence-corrected chi connectivity index (χ2v) is 16.2. The van der Waals surface area contributed by atoms with Gasteiger partial charge in [0.05, 0.1) is 10.9 Å². The van der Waals surface area contributed by atoms with Crippen LogP contribution in [0, 0.1) is 0 Å². The highest BCUT2D eigenvalue weighted by Crippen LogP contribution is 2.63. The average Bonchev–Trinajstić information content (AvgIpc) is 3.90. The fraction of sp³-hybridized carbons (Fsp3) is 0.0351. The molecule has 2 nitrogen and oxygen atoms in total. The van der Waals surface area contributed by atoms with E-state index < -0.39 is 5.41 Å². The number of hydrogen-bond donors (Lipinski definition) is 0. The summed E-state index contributed by atoms with van der Waals surface area (Å²) in [6.45, 7) is 0. The largest absolute Gasteiger partial charge is 0.276 e. The van der Waals surface area contributed by atoms with Crippen molar-refractivity contribution in [3.8, 4) is 50.2 Å². The van der Waals surface area contributed by atoms with Gasteiger partial charge < -0.3 is 0 Å². The van der Waals surface area contributed by atoms with Crippen molar-refractivity contribution in [3.05, 3.63) is 256 Å². The molecular weight excluding hydrogens is 715 g/mol. The van der Waals surface area contributed by atoms with E-state index in [1.54, 1.807) is 0 Å². The van der Waals surface area contributed by atoms with Crippen molar-refractivity contribution in [1.29, 1.82) is 0 Å². The molecule has 0 saturated heterocycles. The molecule has 0 radical (unpaired) electrons. The minimum atomic E-state index is -0.513. The summed E-state index contributed by atoms with van der Waals surface area (Å²) in [5, 5.41) is 2.76. The van der Waals surface area contributed by atoms with Crippen molar-refractivity contribution in [2.45, 2.75) is 11.3 Å². The third kappa shape index (κ3) is 4.22. The molecule has 274 valence electrons. The summed E-state index contributed by atoms with van der Waals surface area (Å²) >= 11 is 0. The Balaban J connectivity index is 1.12. The normalized spacial score (nSPS) is 14.8. The maximum absolute atomic E-state index is 15.2. The quantitative estimate of drug-likeness (QED) is 0.165. The van der Waals surface area contributed by atoms with Crippen LogP contribution in [0.15, 0.2) is 211 Å². The first-order valence-corrected chi connectivity index (χ1v) is 20.5. The van der Waals surface area contributed by atoms with Crippen molar-refractivity contribution < 1.29 is 0 Å². The molecule has 1 aromatic heterocycles. The molecule has 0 saturated carbocycles. The monoisotopic (exact) mass is 749 g/mol. The van der Waals surface area contributed by atoms with E-state index in [1.165, 1.54) is 83.5 Å². The van der Waals surface area contributed by atoms with Gasteiger partial charge in [0.2, 0.25) is 0 Å². The second kappa shape index (κ2) is 12.0. The summed E-state index contributed by atoms with van der Waals surface area (Å²) in [5.74, 6) is -0.0127. The number of rotatable bonds is 3. The molecule has 13 rings (SSSR count). The van der Waals surface area contributed by atoms with E-state index in [1.807, 2.05) is 16.7 Å². The predicted molar refractivity (Wildman–Crippen MR) is 242 cm³/mol. The van der Waals surface area contributed by atoms with Crippen LogP contribution in [0.2, 0.25) is 0 Å². The predicted octanol–water partition coefficient (Wildman–Crippen LogP) is 13.3. The Morgan fingerprint density at radius 3 is 1.53 bits per heavy atom. The van der Waals surface area contributed by atoms with Gasteiger partial charge >= 0.3 is 0 Å². The summed E-state index contributed by atoms with van der Waals surface area (Å²) in [6, 6.07) is 74.6. The lowest BCUT2D eigenvalue weighted by molar-refractivity contribution is 0.792. The van der Waals surface area contributed by atoms with E-state index >= 15 is 4.79 Å². The molecule has 3 aliphatic rings. The number of pyridine rings is 1. The van der Waals surface area contributed by atoms with Crippen LogP contribution in [0.4, 0.5) is 0 Å².